The van der Waals surface area contributed by atoms with Crippen molar-refractivity contribution in [1.82, 2.24) is 4.57 Å². The predicted octanol–water partition coefficient (Wildman–Crippen LogP) is 5.49. The maximum absolute atomic E-state index is 13.3. The lowest BCUT2D eigenvalue weighted by Crippen LogP contribution is -2.28. The number of benzene rings is 3. The normalized spacial score (nSPS) is 11.0. The molecule has 4 aromatic rings. The predicted molar refractivity (Wildman–Crippen MR) is 119 cm³/mol. The fourth-order valence-corrected chi connectivity index (χ4v) is 3.93. The number of carbonyl (C=O) groups is 1. The fourth-order valence-electron chi connectivity index (χ4n) is 3.57. The number of hydrogen-bond acceptors (Lipinski definition) is 2. The van der Waals surface area contributed by atoms with Crippen molar-refractivity contribution in [2.75, 3.05) is 0 Å². The molecule has 1 N–H and O–H groups in total. The summed E-state index contributed by atoms with van der Waals surface area (Å²) in [7, 11) is 0. The molecule has 0 fully saturated rings. The molecule has 0 spiro atoms. The first-order valence-corrected chi connectivity index (χ1v) is 9.95. The number of carboxylic acids is 1. The summed E-state index contributed by atoms with van der Waals surface area (Å²) in [4.78, 5) is 25.7. The molecule has 4 nitrogen and oxygen atoms in total. The molecule has 3 aromatic carbocycles. The molecule has 0 bridgehead atoms. The van der Waals surface area contributed by atoms with Crippen molar-refractivity contribution >= 4 is 32.7 Å². The van der Waals surface area contributed by atoms with E-state index in [2.05, 4.69) is 15.9 Å². The van der Waals surface area contributed by atoms with Gasteiger partial charge >= 0.3 is 5.97 Å². The van der Waals surface area contributed by atoms with E-state index in [0.29, 0.717) is 16.3 Å². The second kappa shape index (κ2) is 7.68. The van der Waals surface area contributed by atoms with Crippen LogP contribution in [0, 0.1) is 6.92 Å². The van der Waals surface area contributed by atoms with Crippen molar-refractivity contribution in [3.8, 4) is 11.1 Å². The molecular formula is C24H18BrNO3. The van der Waals surface area contributed by atoms with Crippen molar-refractivity contribution in [3.05, 3.63) is 104 Å². The molecule has 0 radical (unpaired) electrons. The number of rotatable bonds is 4. The maximum atomic E-state index is 13.3. The van der Waals surface area contributed by atoms with Gasteiger partial charge in [-0.15, -0.1) is 0 Å². The Hall–Kier alpha value is -3.18. The first kappa shape index (κ1) is 19.2. The van der Waals surface area contributed by atoms with Gasteiger partial charge in [-0.3, -0.25) is 9.36 Å². The summed E-state index contributed by atoms with van der Waals surface area (Å²) in [5.74, 6) is -1.13. The lowest BCUT2D eigenvalue weighted by Gasteiger charge is -2.18. The summed E-state index contributed by atoms with van der Waals surface area (Å²) in [5, 5.41) is 11.2. The number of nitrogens with zero attached hydrogens (tertiary/aromatic N) is 1. The van der Waals surface area contributed by atoms with Crippen LogP contribution in [0.5, 0.6) is 0 Å². The number of hydrogen-bond donors (Lipinski definition) is 1. The van der Waals surface area contributed by atoms with Crippen LogP contribution in [0.1, 0.15) is 21.6 Å². The summed E-state index contributed by atoms with van der Waals surface area (Å²) in [6, 6.07) is 22.4. The van der Waals surface area contributed by atoms with Crippen LogP contribution in [0.4, 0.5) is 0 Å². The average molecular weight is 448 g/mol. The number of fused-ring (bicyclic) bond motifs is 1. The van der Waals surface area contributed by atoms with Crippen LogP contribution in [0.15, 0.2) is 82.1 Å². The first-order valence-electron chi connectivity index (χ1n) is 9.16. The van der Waals surface area contributed by atoms with E-state index in [9.17, 15) is 14.7 Å². The molecule has 0 saturated heterocycles. The van der Waals surface area contributed by atoms with Gasteiger partial charge in [-0.2, -0.15) is 0 Å². The van der Waals surface area contributed by atoms with E-state index in [1.165, 1.54) is 4.57 Å². The molecule has 0 amide bonds. The highest BCUT2D eigenvalue weighted by Crippen LogP contribution is 2.32. The van der Waals surface area contributed by atoms with Crippen LogP contribution in [0.3, 0.4) is 0 Å². The smallest absolute Gasteiger partial charge is 0.353 e. The number of pyridine rings is 1. The number of aromatic carboxylic acids is 1. The molecule has 1 heterocycles. The molecule has 0 saturated carbocycles. The highest BCUT2D eigenvalue weighted by Gasteiger charge is 2.23. The van der Waals surface area contributed by atoms with E-state index in [-0.39, 0.29) is 17.8 Å². The molecule has 0 unspecified atom stereocenters. The largest absolute Gasteiger partial charge is 0.477 e. The van der Waals surface area contributed by atoms with Crippen LogP contribution in [-0.2, 0) is 6.54 Å². The molecule has 0 aliphatic rings. The molecule has 4 rings (SSSR count). The second-order valence-electron chi connectivity index (χ2n) is 6.96. The highest BCUT2D eigenvalue weighted by molar-refractivity contribution is 9.10. The minimum atomic E-state index is -1.13. The zero-order valence-electron chi connectivity index (χ0n) is 15.7. The third-order valence-electron chi connectivity index (χ3n) is 4.96. The van der Waals surface area contributed by atoms with Crippen LogP contribution >= 0.6 is 15.9 Å². The lowest BCUT2D eigenvalue weighted by molar-refractivity contribution is 0.0685. The van der Waals surface area contributed by atoms with Gasteiger partial charge in [0.05, 0.1) is 6.54 Å². The third kappa shape index (κ3) is 3.61. The minimum absolute atomic E-state index is 0.00706. The standard InChI is InChI=1S/C24H18BrNO3/c1-15-7-9-16(10-8-15)14-26-22(24(28)29)21(17-5-3-2-4-6-17)20-13-18(25)11-12-19(20)23(26)27/h2-13H,14H2,1H3,(H,28,29). The molecule has 29 heavy (non-hydrogen) atoms. The van der Waals surface area contributed by atoms with Crippen molar-refractivity contribution in [1.29, 1.82) is 0 Å². The van der Waals surface area contributed by atoms with Crippen LogP contribution in [-0.4, -0.2) is 15.6 Å². The van der Waals surface area contributed by atoms with Crippen LogP contribution < -0.4 is 5.56 Å². The van der Waals surface area contributed by atoms with Crippen molar-refractivity contribution in [2.45, 2.75) is 13.5 Å². The van der Waals surface area contributed by atoms with Gasteiger partial charge in [0.15, 0.2) is 0 Å². The lowest BCUT2D eigenvalue weighted by atomic mass is 9.96. The Balaban J connectivity index is 2.10. The van der Waals surface area contributed by atoms with Gasteiger partial charge in [0.2, 0.25) is 0 Å². The summed E-state index contributed by atoms with van der Waals surface area (Å²) in [6.45, 7) is 2.17. The van der Waals surface area contributed by atoms with Gasteiger partial charge in [0.1, 0.15) is 5.69 Å². The summed E-state index contributed by atoms with van der Waals surface area (Å²) in [6.07, 6.45) is 0. The van der Waals surface area contributed by atoms with Crippen molar-refractivity contribution in [3.63, 3.8) is 0 Å². The Morgan fingerprint density at radius 1 is 0.966 bits per heavy atom. The molecule has 1 aromatic heterocycles. The van der Waals surface area contributed by atoms with Gasteiger partial charge in [0.25, 0.3) is 5.56 Å². The quantitative estimate of drug-likeness (QED) is 0.450. The Labute approximate surface area is 176 Å². The van der Waals surface area contributed by atoms with E-state index >= 15 is 0 Å². The zero-order valence-corrected chi connectivity index (χ0v) is 17.3. The Kier molecular flexibility index (Phi) is 5.07. The Morgan fingerprint density at radius 3 is 2.31 bits per heavy atom. The van der Waals surface area contributed by atoms with Gasteiger partial charge in [0, 0.05) is 15.4 Å². The second-order valence-corrected chi connectivity index (χ2v) is 7.88. The van der Waals surface area contributed by atoms with Gasteiger partial charge in [-0.05, 0) is 41.6 Å². The molecule has 0 atom stereocenters. The minimum Gasteiger partial charge on any atom is -0.477 e. The maximum Gasteiger partial charge on any atom is 0.353 e. The highest BCUT2D eigenvalue weighted by atomic mass is 79.9. The Bertz CT molecular complexity index is 1280. The average Bonchev–Trinajstić information content (AvgIpc) is 2.71. The topological polar surface area (TPSA) is 59.3 Å². The SMILES string of the molecule is Cc1ccc(Cn2c(C(=O)O)c(-c3ccccc3)c3cc(Br)ccc3c2=O)cc1. The van der Waals surface area contributed by atoms with Gasteiger partial charge in [-0.25, -0.2) is 4.79 Å². The van der Waals surface area contributed by atoms with E-state index in [1.807, 2.05) is 67.6 Å². The summed E-state index contributed by atoms with van der Waals surface area (Å²) >= 11 is 3.45. The van der Waals surface area contributed by atoms with E-state index in [4.69, 9.17) is 0 Å². The summed E-state index contributed by atoms with van der Waals surface area (Å²) < 4.78 is 2.15. The fraction of sp³-hybridized carbons (Fsp3) is 0.0833. The third-order valence-corrected chi connectivity index (χ3v) is 5.45. The van der Waals surface area contributed by atoms with Gasteiger partial charge in [-0.1, -0.05) is 76.1 Å². The zero-order chi connectivity index (χ0) is 20.5. The van der Waals surface area contributed by atoms with E-state index in [1.54, 1.807) is 12.1 Å². The van der Waals surface area contributed by atoms with E-state index < -0.39 is 5.97 Å². The van der Waals surface area contributed by atoms with Crippen LogP contribution in [0.25, 0.3) is 21.9 Å². The molecular weight excluding hydrogens is 430 g/mol. The first-order chi connectivity index (χ1) is 14.0. The molecule has 5 heteroatoms. The molecule has 0 aliphatic carbocycles. The number of aromatic nitrogens is 1. The molecule has 0 aliphatic heterocycles. The molecule has 144 valence electrons. The monoisotopic (exact) mass is 447 g/mol. The number of aryl methyl sites for hydroxylation is 1. The van der Waals surface area contributed by atoms with E-state index in [0.717, 1.165) is 21.2 Å². The number of carboxylic acid groups (broad SMARTS) is 1. The Morgan fingerprint density at radius 2 is 1.66 bits per heavy atom. The van der Waals surface area contributed by atoms with Crippen LogP contribution in [0.2, 0.25) is 0 Å². The number of halogens is 1. The summed E-state index contributed by atoms with van der Waals surface area (Å²) in [5.41, 5.74) is 2.95. The van der Waals surface area contributed by atoms with Crippen molar-refractivity contribution in [2.24, 2.45) is 0 Å². The van der Waals surface area contributed by atoms with Crippen molar-refractivity contribution < 1.29 is 9.90 Å². The van der Waals surface area contributed by atoms with Gasteiger partial charge < -0.3 is 5.11 Å².